The van der Waals surface area contributed by atoms with Crippen LogP contribution in [0.3, 0.4) is 0 Å². The van der Waals surface area contributed by atoms with Crippen LogP contribution in [0.1, 0.15) is 25.3 Å². The first-order chi connectivity index (χ1) is 6.43. The lowest BCUT2D eigenvalue weighted by Gasteiger charge is -1.84. The summed E-state index contributed by atoms with van der Waals surface area (Å²) < 4.78 is 0. The molecule has 0 spiro atoms. The Balaban J connectivity index is 2.49. The first-order valence-corrected chi connectivity index (χ1v) is 4.65. The van der Waals surface area contributed by atoms with Crippen molar-refractivity contribution in [2.24, 2.45) is 0 Å². The SMILES string of the molecule is CCCC=CC#Cc1ccccc1. The van der Waals surface area contributed by atoms with Gasteiger partial charge in [0.05, 0.1) is 0 Å². The number of rotatable bonds is 2. The van der Waals surface area contributed by atoms with Gasteiger partial charge in [-0.15, -0.1) is 0 Å². The van der Waals surface area contributed by atoms with Crippen molar-refractivity contribution in [2.45, 2.75) is 19.8 Å². The lowest BCUT2D eigenvalue weighted by molar-refractivity contribution is 0.959. The molecular weight excluding hydrogens is 156 g/mol. The average Bonchev–Trinajstić information content (AvgIpc) is 2.19. The molecule has 0 saturated heterocycles. The van der Waals surface area contributed by atoms with Gasteiger partial charge in [-0.1, -0.05) is 49.5 Å². The molecule has 0 aromatic heterocycles. The lowest BCUT2D eigenvalue weighted by atomic mass is 10.2. The summed E-state index contributed by atoms with van der Waals surface area (Å²) in [6, 6.07) is 10.0. The molecule has 0 amide bonds. The third-order valence-electron chi connectivity index (χ3n) is 1.65. The van der Waals surface area contributed by atoms with E-state index >= 15 is 0 Å². The van der Waals surface area contributed by atoms with E-state index < -0.39 is 0 Å². The Labute approximate surface area is 80.3 Å². The van der Waals surface area contributed by atoms with E-state index in [2.05, 4.69) is 24.8 Å². The summed E-state index contributed by atoms with van der Waals surface area (Å²) in [5.41, 5.74) is 1.07. The lowest BCUT2D eigenvalue weighted by Crippen LogP contribution is -1.69. The Bertz CT molecular complexity index is 309. The van der Waals surface area contributed by atoms with Crippen molar-refractivity contribution in [3.63, 3.8) is 0 Å². The van der Waals surface area contributed by atoms with E-state index in [1.165, 1.54) is 6.42 Å². The third-order valence-corrected chi connectivity index (χ3v) is 1.65. The number of hydrogen-bond acceptors (Lipinski definition) is 0. The number of hydrogen-bond donors (Lipinski definition) is 0. The van der Waals surface area contributed by atoms with Crippen molar-refractivity contribution in [3.05, 3.63) is 48.0 Å². The molecule has 1 aromatic carbocycles. The molecule has 0 aliphatic heterocycles. The molecule has 0 saturated carbocycles. The maximum Gasteiger partial charge on any atom is 0.0248 e. The highest BCUT2D eigenvalue weighted by Crippen LogP contribution is 1.94. The van der Waals surface area contributed by atoms with Crippen LogP contribution in [0.25, 0.3) is 0 Å². The van der Waals surface area contributed by atoms with Gasteiger partial charge in [-0.05, 0) is 24.6 Å². The van der Waals surface area contributed by atoms with Gasteiger partial charge < -0.3 is 0 Å². The van der Waals surface area contributed by atoms with Crippen LogP contribution in [0.2, 0.25) is 0 Å². The van der Waals surface area contributed by atoms with E-state index in [1.54, 1.807) is 0 Å². The van der Waals surface area contributed by atoms with Crippen LogP contribution in [-0.2, 0) is 0 Å². The van der Waals surface area contributed by atoms with E-state index in [4.69, 9.17) is 0 Å². The molecule has 13 heavy (non-hydrogen) atoms. The number of allylic oxidation sites excluding steroid dienone is 2. The summed E-state index contributed by atoms with van der Waals surface area (Å²) in [7, 11) is 0. The van der Waals surface area contributed by atoms with Crippen LogP contribution in [0.5, 0.6) is 0 Å². The van der Waals surface area contributed by atoms with Gasteiger partial charge in [0, 0.05) is 5.56 Å². The molecule has 0 fully saturated rings. The molecule has 1 rings (SSSR count). The minimum atomic E-state index is 1.07. The fourth-order valence-electron chi connectivity index (χ4n) is 0.955. The van der Waals surface area contributed by atoms with Crippen LogP contribution in [0.4, 0.5) is 0 Å². The Hall–Kier alpha value is -1.48. The molecule has 1 aromatic rings. The Kier molecular flexibility index (Phi) is 4.49. The van der Waals surface area contributed by atoms with Crippen LogP contribution >= 0.6 is 0 Å². The molecule has 66 valence electrons. The van der Waals surface area contributed by atoms with E-state index in [0.29, 0.717) is 0 Å². The normalized spacial score (nSPS) is 9.62. The van der Waals surface area contributed by atoms with Crippen LogP contribution < -0.4 is 0 Å². The fourth-order valence-corrected chi connectivity index (χ4v) is 0.955. The van der Waals surface area contributed by atoms with E-state index in [-0.39, 0.29) is 0 Å². The number of unbranched alkanes of at least 4 members (excludes halogenated alkanes) is 1. The second kappa shape index (κ2) is 6.08. The van der Waals surface area contributed by atoms with Gasteiger partial charge in [0.2, 0.25) is 0 Å². The average molecular weight is 170 g/mol. The predicted octanol–water partition coefficient (Wildman–Crippen LogP) is 3.39. The minimum Gasteiger partial charge on any atom is -0.0762 e. The summed E-state index contributed by atoms with van der Waals surface area (Å²) in [6.07, 6.45) is 6.33. The molecule has 0 N–H and O–H groups in total. The van der Waals surface area contributed by atoms with Crippen molar-refractivity contribution in [1.82, 2.24) is 0 Å². The maximum absolute atomic E-state index is 3.07. The van der Waals surface area contributed by atoms with Gasteiger partial charge in [0.15, 0.2) is 0 Å². The zero-order valence-corrected chi connectivity index (χ0v) is 7.96. The topological polar surface area (TPSA) is 0 Å². The molecule has 0 aliphatic carbocycles. The molecule has 0 heterocycles. The largest absolute Gasteiger partial charge is 0.0762 e. The highest BCUT2D eigenvalue weighted by atomic mass is 13.8. The zero-order chi connectivity index (χ0) is 9.36. The Morgan fingerprint density at radius 2 is 2.00 bits per heavy atom. The Morgan fingerprint density at radius 3 is 2.69 bits per heavy atom. The molecular formula is C13H14. The van der Waals surface area contributed by atoms with Gasteiger partial charge in [0.1, 0.15) is 0 Å². The number of benzene rings is 1. The highest BCUT2D eigenvalue weighted by molar-refractivity contribution is 5.36. The molecule has 0 radical (unpaired) electrons. The smallest absolute Gasteiger partial charge is 0.0248 e. The Morgan fingerprint density at radius 1 is 1.23 bits per heavy atom. The summed E-state index contributed by atoms with van der Waals surface area (Å²) in [6.45, 7) is 2.16. The van der Waals surface area contributed by atoms with Crippen LogP contribution in [0, 0.1) is 11.8 Å². The second-order valence-electron chi connectivity index (χ2n) is 2.83. The first kappa shape index (κ1) is 9.61. The fraction of sp³-hybridized carbons (Fsp3) is 0.231. The highest BCUT2D eigenvalue weighted by Gasteiger charge is 1.78. The van der Waals surface area contributed by atoms with Crippen molar-refractivity contribution < 1.29 is 0 Å². The van der Waals surface area contributed by atoms with Gasteiger partial charge in [-0.3, -0.25) is 0 Å². The van der Waals surface area contributed by atoms with Crippen molar-refractivity contribution in [2.75, 3.05) is 0 Å². The predicted molar refractivity (Wildman–Crippen MR) is 57.4 cm³/mol. The summed E-state index contributed by atoms with van der Waals surface area (Å²) in [4.78, 5) is 0. The van der Waals surface area contributed by atoms with Gasteiger partial charge in [0.25, 0.3) is 0 Å². The molecule has 0 unspecified atom stereocenters. The van der Waals surface area contributed by atoms with E-state index in [0.717, 1.165) is 12.0 Å². The van der Waals surface area contributed by atoms with Crippen LogP contribution in [0.15, 0.2) is 42.5 Å². The quantitative estimate of drug-likeness (QED) is 0.597. The van der Waals surface area contributed by atoms with Crippen molar-refractivity contribution >= 4 is 0 Å². The van der Waals surface area contributed by atoms with Crippen molar-refractivity contribution in [1.29, 1.82) is 0 Å². The molecule has 0 atom stereocenters. The molecule has 0 bridgehead atoms. The first-order valence-electron chi connectivity index (χ1n) is 4.65. The van der Waals surface area contributed by atoms with Gasteiger partial charge in [-0.25, -0.2) is 0 Å². The maximum atomic E-state index is 3.07. The van der Waals surface area contributed by atoms with Gasteiger partial charge >= 0.3 is 0 Å². The summed E-state index contributed by atoms with van der Waals surface area (Å²) in [5.74, 6) is 6.07. The third kappa shape index (κ3) is 4.18. The molecule has 0 aliphatic rings. The monoisotopic (exact) mass is 170 g/mol. The van der Waals surface area contributed by atoms with Crippen LogP contribution in [-0.4, -0.2) is 0 Å². The van der Waals surface area contributed by atoms with Gasteiger partial charge in [-0.2, -0.15) is 0 Å². The van der Waals surface area contributed by atoms with E-state index in [9.17, 15) is 0 Å². The summed E-state index contributed by atoms with van der Waals surface area (Å²) >= 11 is 0. The van der Waals surface area contributed by atoms with E-state index in [1.807, 2.05) is 36.4 Å². The second-order valence-corrected chi connectivity index (χ2v) is 2.83. The zero-order valence-electron chi connectivity index (χ0n) is 7.96. The molecule has 0 nitrogen and oxygen atoms in total. The summed E-state index contributed by atoms with van der Waals surface area (Å²) in [5, 5.41) is 0. The molecule has 0 heteroatoms. The van der Waals surface area contributed by atoms with Crippen molar-refractivity contribution in [3.8, 4) is 11.8 Å². The minimum absolute atomic E-state index is 1.07. The standard InChI is InChI=1S/C13H14/c1-2-3-4-5-7-10-13-11-8-6-9-12-13/h4-6,8-9,11-12H,2-3H2,1H3.